The molecule has 2 aromatic rings. The fraction of sp³-hybridized carbons (Fsp3) is 0.357. The summed E-state index contributed by atoms with van der Waals surface area (Å²) < 4.78 is 7.03. The van der Waals surface area contributed by atoms with E-state index in [4.69, 9.17) is 4.74 Å². The van der Waals surface area contributed by atoms with E-state index in [1.54, 1.807) is 4.68 Å². The molecule has 100 valence electrons. The molecule has 1 unspecified atom stereocenters. The zero-order valence-corrected chi connectivity index (χ0v) is 11.3. The molecular weight excluding hydrogens is 242 g/mol. The fourth-order valence-electron chi connectivity index (χ4n) is 1.86. The van der Waals surface area contributed by atoms with Crippen LogP contribution in [0, 0.1) is 6.92 Å². The van der Waals surface area contributed by atoms with E-state index in [1.807, 2.05) is 44.2 Å². The predicted octanol–water partition coefficient (Wildman–Crippen LogP) is 2.26. The van der Waals surface area contributed by atoms with Gasteiger partial charge in [-0.2, -0.15) is 5.10 Å². The van der Waals surface area contributed by atoms with Crippen molar-refractivity contribution in [2.45, 2.75) is 33.4 Å². The van der Waals surface area contributed by atoms with Crippen LogP contribution in [0.25, 0.3) is 0 Å². The number of aryl methyl sites for hydroxylation is 2. The zero-order chi connectivity index (χ0) is 13.8. The monoisotopic (exact) mass is 259 g/mol. The molecule has 0 spiro atoms. The Balaban J connectivity index is 2.42. The number of esters is 1. The summed E-state index contributed by atoms with van der Waals surface area (Å²) in [7, 11) is 0. The van der Waals surface area contributed by atoms with Crippen molar-refractivity contribution in [2.75, 3.05) is 0 Å². The molecule has 0 amide bonds. The highest BCUT2D eigenvalue weighted by Crippen LogP contribution is 2.20. The van der Waals surface area contributed by atoms with Crippen molar-refractivity contribution >= 4 is 5.97 Å². The van der Waals surface area contributed by atoms with Gasteiger partial charge in [0.25, 0.3) is 0 Å². The van der Waals surface area contributed by atoms with Crippen LogP contribution in [0.4, 0.5) is 0 Å². The molecule has 0 saturated heterocycles. The molecule has 0 radical (unpaired) electrons. The minimum absolute atomic E-state index is 0.346. The van der Waals surface area contributed by atoms with E-state index in [1.165, 1.54) is 6.92 Å². The van der Waals surface area contributed by atoms with E-state index in [0.29, 0.717) is 0 Å². The highest BCUT2D eigenvalue weighted by molar-refractivity contribution is 5.66. The smallest absolute Gasteiger partial charge is 0.304 e. The quantitative estimate of drug-likeness (QED) is 0.790. The number of benzene rings is 1. The molecule has 0 aliphatic carbocycles. The van der Waals surface area contributed by atoms with Gasteiger partial charge in [0.1, 0.15) is 5.82 Å². The second-order valence-corrected chi connectivity index (χ2v) is 4.25. The molecule has 0 aliphatic rings. The first-order chi connectivity index (χ1) is 9.11. The first-order valence-electron chi connectivity index (χ1n) is 6.26. The molecule has 1 aromatic heterocycles. The molecule has 5 heteroatoms. The summed E-state index contributed by atoms with van der Waals surface area (Å²) in [4.78, 5) is 15.6. The standard InChI is InChI=1S/C14H17N3O2/c1-4-13-15-10(2)17(16-13)14(19-11(3)18)12-8-6-5-7-9-12/h5-9,14H,4H2,1-3H3. The van der Waals surface area contributed by atoms with E-state index < -0.39 is 6.23 Å². The summed E-state index contributed by atoms with van der Waals surface area (Å²) in [5.41, 5.74) is 0.869. The molecule has 0 bridgehead atoms. The van der Waals surface area contributed by atoms with Crippen molar-refractivity contribution in [1.82, 2.24) is 14.8 Å². The molecule has 0 fully saturated rings. The summed E-state index contributed by atoms with van der Waals surface area (Å²) in [5, 5.41) is 4.39. The molecule has 19 heavy (non-hydrogen) atoms. The summed E-state index contributed by atoms with van der Waals surface area (Å²) >= 11 is 0. The van der Waals surface area contributed by atoms with Gasteiger partial charge in [0.05, 0.1) is 0 Å². The second kappa shape index (κ2) is 5.65. The molecule has 1 aromatic carbocycles. The van der Waals surface area contributed by atoms with Gasteiger partial charge in [-0.05, 0) is 6.92 Å². The molecule has 1 heterocycles. The third kappa shape index (κ3) is 2.99. The lowest BCUT2D eigenvalue weighted by molar-refractivity contribution is -0.148. The minimum atomic E-state index is -0.563. The second-order valence-electron chi connectivity index (χ2n) is 4.25. The van der Waals surface area contributed by atoms with Gasteiger partial charge in [-0.25, -0.2) is 9.67 Å². The summed E-state index contributed by atoms with van der Waals surface area (Å²) in [5.74, 6) is 1.12. The SMILES string of the molecule is CCc1nc(C)n(C(OC(C)=O)c2ccccc2)n1. The molecule has 0 aliphatic heterocycles. The average Bonchev–Trinajstić information content (AvgIpc) is 2.78. The Morgan fingerprint density at radius 1 is 1.37 bits per heavy atom. The number of rotatable bonds is 4. The van der Waals surface area contributed by atoms with Crippen LogP contribution < -0.4 is 0 Å². The Morgan fingerprint density at radius 3 is 2.58 bits per heavy atom. The van der Waals surface area contributed by atoms with Crippen LogP contribution in [0.2, 0.25) is 0 Å². The molecule has 1 atom stereocenters. The van der Waals surface area contributed by atoms with Gasteiger partial charge < -0.3 is 4.74 Å². The van der Waals surface area contributed by atoms with Crippen LogP contribution in [0.5, 0.6) is 0 Å². The summed E-state index contributed by atoms with van der Waals surface area (Å²) in [6.07, 6.45) is 0.182. The van der Waals surface area contributed by atoms with Crippen molar-refractivity contribution in [3.05, 3.63) is 47.5 Å². The van der Waals surface area contributed by atoms with Gasteiger partial charge in [-0.15, -0.1) is 0 Å². The maximum absolute atomic E-state index is 11.3. The number of ether oxygens (including phenoxy) is 1. The average molecular weight is 259 g/mol. The van der Waals surface area contributed by atoms with Crippen molar-refractivity contribution in [3.63, 3.8) is 0 Å². The van der Waals surface area contributed by atoms with Gasteiger partial charge in [-0.3, -0.25) is 4.79 Å². The minimum Gasteiger partial charge on any atom is -0.435 e. The van der Waals surface area contributed by atoms with Gasteiger partial charge >= 0.3 is 5.97 Å². The van der Waals surface area contributed by atoms with Gasteiger partial charge in [0, 0.05) is 18.9 Å². The lowest BCUT2D eigenvalue weighted by Crippen LogP contribution is -2.19. The molecule has 5 nitrogen and oxygen atoms in total. The van der Waals surface area contributed by atoms with E-state index in [-0.39, 0.29) is 5.97 Å². The molecule has 0 saturated carbocycles. The van der Waals surface area contributed by atoms with Crippen LogP contribution >= 0.6 is 0 Å². The Bertz CT molecular complexity index is 563. The van der Waals surface area contributed by atoms with E-state index in [9.17, 15) is 4.79 Å². The highest BCUT2D eigenvalue weighted by atomic mass is 16.6. The lowest BCUT2D eigenvalue weighted by Gasteiger charge is -2.18. The maximum atomic E-state index is 11.3. The van der Waals surface area contributed by atoms with Crippen LogP contribution in [-0.4, -0.2) is 20.7 Å². The van der Waals surface area contributed by atoms with Crippen LogP contribution in [-0.2, 0) is 16.0 Å². The molecule has 2 rings (SSSR count). The topological polar surface area (TPSA) is 57.0 Å². The number of hydrogen-bond acceptors (Lipinski definition) is 4. The third-order valence-corrected chi connectivity index (χ3v) is 2.75. The summed E-state index contributed by atoms with van der Waals surface area (Å²) in [6.45, 7) is 5.23. The number of carbonyl (C=O) groups excluding carboxylic acids is 1. The Morgan fingerprint density at radius 2 is 2.05 bits per heavy atom. The molecular formula is C14H17N3O2. The van der Waals surface area contributed by atoms with Gasteiger partial charge in [0.2, 0.25) is 6.23 Å². The van der Waals surface area contributed by atoms with Crippen molar-refractivity contribution < 1.29 is 9.53 Å². The van der Waals surface area contributed by atoms with Gasteiger partial charge in [0.15, 0.2) is 5.82 Å². The fourth-order valence-corrected chi connectivity index (χ4v) is 1.86. The van der Waals surface area contributed by atoms with Crippen LogP contribution in [0.1, 0.15) is 37.3 Å². The number of aromatic nitrogens is 3. The van der Waals surface area contributed by atoms with E-state index >= 15 is 0 Å². The number of carbonyl (C=O) groups is 1. The largest absolute Gasteiger partial charge is 0.435 e. The van der Waals surface area contributed by atoms with Crippen molar-refractivity contribution in [2.24, 2.45) is 0 Å². The Kier molecular flexibility index (Phi) is 3.94. The number of hydrogen-bond donors (Lipinski definition) is 0. The van der Waals surface area contributed by atoms with E-state index in [2.05, 4.69) is 10.1 Å². The van der Waals surface area contributed by atoms with Crippen molar-refractivity contribution in [3.8, 4) is 0 Å². The first-order valence-corrected chi connectivity index (χ1v) is 6.26. The normalized spacial score (nSPS) is 12.2. The maximum Gasteiger partial charge on any atom is 0.304 e. The summed E-state index contributed by atoms with van der Waals surface area (Å²) in [6, 6.07) is 9.53. The molecule has 0 N–H and O–H groups in total. The van der Waals surface area contributed by atoms with Crippen LogP contribution in [0.3, 0.4) is 0 Å². The van der Waals surface area contributed by atoms with Gasteiger partial charge in [-0.1, -0.05) is 37.3 Å². The zero-order valence-electron chi connectivity index (χ0n) is 11.3. The Labute approximate surface area is 112 Å². The number of nitrogens with zero attached hydrogens (tertiary/aromatic N) is 3. The third-order valence-electron chi connectivity index (χ3n) is 2.75. The van der Waals surface area contributed by atoms with E-state index in [0.717, 1.165) is 23.6 Å². The Hall–Kier alpha value is -2.17. The first kappa shape index (κ1) is 13.3. The lowest BCUT2D eigenvalue weighted by atomic mass is 10.2. The van der Waals surface area contributed by atoms with Crippen molar-refractivity contribution in [1.29, 1.82) is 0 Å². The van der Waals surface area contributed by atoms with Crippen LogP contribution in [0.15, 0.2) is 30.3 Å². The predicted molar refractivity (Wildman–Crippen MR) is 70.5 cm³/mol. The highest BCUT2D eigenvalue weighted by Gasteiger charge is 2.20.